The normalized spacial score (nSPS) is 20.7. The molecule has 2 aliphatic heterocycles. The number of ether oxygens (including phenoxy) is 1. The molecule has 1 atom stereocenters. The number of anilines is 1. The number of aromatic amines is 1. The van der Waals surface area contributed by atoms with E-state index in [1.165, 1.54) is 6.07 Å². The average molecular weight is 492 g/mol. The minimum atomic E-state index is -0.382. The van der Waals surface area contributed by atoms with E-state index in [2.05, 4.69) is 20.2 Å². The van der Waals surface area contributed by atoms with Crippen molar-refractivity contribution >= 4 is 22.6 Å². The maximum Gasteiger partial charge on any atom is 0.252 e. The largest absolute Gasteiger partial charge is 0.379 e. The molecule has 3 aliphatic rings. The average Bonchev–Trinajstić information content (AvgIpc) is 3.59. The molecule has 1 aliphatic carbocycles. The van der Waals surface area contributed by atoms with Gasteiger partial charge in [0, 0.05) is 56.7 Å². The molecule has 1 amide bonds. The van der Waals surface area contributed by atoms with Crippen molar-refractivity contribution < 1.29 is 13.9 Å². The highest BCUT2D eigenvalue weighted by Crippen LogP contribution is 2.38. The van der Waals surface area contributed by atoms with Gasteiger partial charge in [0.25, 0.3) is 11.5 Å². The first-order valence-corrected chi connectivity index (χ1v) is 12.7. The van der Waals surface area contributed by atoms with Crippen LogP contribution in [-0.4, -0.2) is 66.2 Å². The van der Waals surface area contributed by atoms with Crippen molar-refractivity contribution in [3.63, 3.8) is 0 Å². The van der Waals surface area contributed by atoms with E-state index in [9.17, 15) is 14.0 Å². The van der Waals surface area contributed by atoms with E-state index in [0.29, 0.717) is 43.5 Å². The summed E-state index contributed by atoms with van der Waals surface area (Å²) in [6.45, 7) is 4.79. The molecule has 2 N–H and O–H groups in total. The summed E-state index contributed by atoms with van der Waals surface area (Å²) in [7, 11) is 0. The van der Waals surface area contributed by atoms with Gasteiger partial charge in [0.1, 0.15) is 5.82 Å². The van der Waals surface area contributed by atoms with Crippen LogP contribution in [0.15, 0.2) is 41.3 Å². The summed E-state index contributed by atoms with van der Waals surface area (Å²) in [5.41, 5.74) is 4.33. The topological polar surface area (TPSA) is 90.6 Å². The van der Waals surface area contributed by atoms with Gasteiger partial charge in [-0.05, 0) is 61.1 Å². The predicted octanol–water partition coefficient (Wildman–Crippen LogP) is 2.78. The van der Waals surface area contributed by atoms with Gasteiger partial charge in [-0.25, -0.2) is 4.39 Å². The zero-order chi connectivity index (χ0) is 24.6. The van der Waals surface area contributed by atoms with Crippen LogP contribution in [0.4, 0.5) is 10.1 Å². The van der Waals surface area contributed by atoms with Gasteiger partial charge in [0.2, 0.25) is 0 Å². The Balaban J connectivity index is 1.07. The number of nitrogens with zero attached hydrogens (tertiary/aromatic N) is 3. The van der Waals surface area contributed by atoms with Crippen LogP contribution in [0.3, 0.4) is 0 Å². The number of halogens is 1. The molecule has 8 nitrogen and oxygen atoms in total. The number of carbonyl (C=O) groups is 1. The number of nitrogens with one attached hydrogen (secondary N) is 2. The van der Waals surface area contributed by atoms with E-state index in [0.717, 1.165) is 61.1 Å². The molecule has 3 aromatic rings. The van der Waals surface area contributed by atoms with E-state index in [1.54, 1.807) is 12.1 Å². The standard InChI is InChI=1S/C27H30FN5O3/c28-22-12-19(26(34)30-20-5-10-36-16-20)3-4-25(22)33-8-6-32(7-9-33)15-17-11-24-23(29-14-17)13-21(18-1-2-18)27(35)31-24/h3-4,11-14,18,20H,1-2,5-10,15-16H2,(H,30,34)(H,31,35). The fraction of sp³-hybridized carbons (Fsp3) is 0.444. The molecular weight excluding hydrogens is 461 g/mol. The molecule has 36 heavy (non-hydrogen) atoms. The number of rotatable bonds is 6. The molecule has 0 radical (unpaired) electrons. The van der Waals surface area contributed by atoms with E-state index in [-0.39, 0.29) is 23.3 Å². The SMILES string of the molecule is O=C(NC1CCOC1)c1ccc(N2CCN(Cc3cnc4cc(C5CC5)c(=O)[nH]c4c3)CC2)c(F)c1. The van der Waals surface area contributed by atoms with Crippen molar-refractivity contribution in [3.05, 3.63) is 69.4 Å². The van der Waals surface area contributed by atoms with Gasteiger partial charge in [-0.3, -0.25) is 19.5 Å². The summed E-state index contributed by atoms with van der Waals surface area (Å²) in [4.78, 5) is 36.7. The molecule has 1 unspecified atom stereocenters. The number of fused-ring (bicyclic) bond motifs is 1. The first kappa shape index (κ1) is 23.1. The summed E-state index contributed by atoms with van der Waals surface area (Å²) >= 11 is 0. The summed E-state index contributed by atoms with van der Waals surface area (Å²) < 4.78 is 20.2. The lowest BCUT2D eigenvalue weighted by Crippen LogP contribution is -2.46. The third-order valence-corrected chi connectivity index (χ3v) is 7.39. The van der Waals surface area contributed by atoms with Crippen molar-refractivity contribution in [1.29, 1.82) is 0 Å². The second kappa shape index (κ2) is 9.63. The van der Waals surface area contributed by atoms with Crippen molar-refractivity contribution in [3.8, 4) is 0 Å². The lowest BCUT2D eigenvalue weighted by molar-refractivity contribution is 0.0929. The Bertz CT molecular complexity index is 1340. The second-order valence-corrected chi connectivity index (χ2v) is 10.1. The van der Waals surface area contributed by atoms with Crippen molar-refractivity contribution in [2.24, 2.45) is 0 Å². The minimum Gasteiger partial charge on any atom is -0.379 e. The fourth-order valence-corrected chi connectivity index (χ4v) is 5.15. The molecule has 6 rings (SSSR count). The molecule has 0 spiro atoms. The van der Waals surface area contributed by atoms with Crippen LogP contribution in [0.1, 0.15) is 46.7 Å². The Morgan fingerprint density at radius 2 is 1.97 bits per heavy atom. The zero-order valence-corrected chi connectivity index (χ0v) is 20.1. The molecule has 9 heteroatoms. The molecule has 4 heterocycles. The van der Waals surface area contributed by atoms with Crippen molar-refractivity contribution in [1.82, 2.24) is 20.2 Å². The van der Waals surface area contributed by atoms with Crippen LogP contribution >= 0.6 is 0 Å². The first-order chi connectivity index (χ1) is 17.5. The van der Waals surface area contributed by atoms with Crippen LogP contribution in [-0.2, 0) is 11.3 Å². The number of piperazine rings is 1. The number of aromatic nitrogens is 2. The smallest absolute Gasteiger partial charge is 0.252 e. The van der Waals surface area contributed by atoms with Crippen LogP contribution in [0.2, 0.25) is 0 Å². The quantitative estimate of drug-likeness (QED) is 0.551. The highest BCUT2D eigenvalue weighted by molar-refractivity contribution is 5.94. The summed E-state index contributed by atoms with van der Waals surface area (Å²) in [5, 5.41) is 2.90. The molecular formula is C27H30FN5O3. The van der Waals surface area contributed by atoms with Crippen LogP contribution in [0, 0.1) is 5.82 Å². The molecule has 188 valence electrons. The third kappa shape index (κ3) is 4.85. The molecule has 3 fully saturated rings. The second-order valence-electron chi connectivity index (χ2n) is 10.1. The molecule has 0 bridgehead atoms. The fourth-order valence-electron chi connectivity index (χ4n) is 5.15. The number of H-pyrrole nitrogens is 1. The first-order valence-electron chi connectivity index (χ1n) is 12.7. The van der Waals surface area contributed by atoms with Crippen molar-refractivity contribution in [2.45, 2.75) is 37.8 Å². The van der Waals surface area contributed by atoms with Gasteiger partial charge in [-0.2, -0.15) is 0 Å². The monoisotopic (exact) mass is 491 g/mol. The molecule has 2 saturated heterocycles. The van der Waals surface area contributed by atoms with Gasteiger partial charge >= 0.3 is 0 Å². The lowest BCUT2D eigenvalue weighted by Gasteiger charge is -2.36. The Hall–Kier alpha value is -3.30. The van der Waals surface area contributed by atoms with Crippen LogP contribution in [0.25, 0.3) is 11.0 Å². The predicted molar refractivity (Wildman–Crippen MR) is 135 cm³/mol. The van der Waals surface area contributed by atoms with Crippen LogP contribution in [0.5, 0.6) is 0 Å². The highest BCUT2D eigenvalue weighted by atomic mass is 19.1. The van der Waals surface area contributed by atoms with Crippen molar-refractivity contribution in [2.75, 3.05) is 44.3 Å². The summed E-state index contributed by atoms with van der Waals surface area (Å²) in [6, 6.07) is 8.64. The van der Waals surface area contributed by atoms with Gasteiger partial charge in [-0.15, -0.1) is 0 Å². The molecule has 1 aromatic carbocycles. The van der Waals surface area contributed by atoms with E-state index >= 15 is 0 Å². The van der Waals surface area contributed by atoms with Gasteiger partial charge < -0.3 is 19.9 Å². The number of benzene rings is 1. The van der Waals surface area contributed by atoms with Crippen LogP contribution < -0.4 is 15.8 Å². The highest BCUT2D eigenvalue weighted by Gasteiger charge is 2.27. The van der Waals surface area contributed by atoms with E-state index < -0.39 is 0 Å². The Kier molecular flexibility index (Phi) is 6.18. The maximum absolute atomic E-state index is 14.9. The number of hydrogen-bond acceptors (Lipinski definition) is 6. The summed E-state index contributed by atoms with van der Waals surface area (Å²) in [5.74, 6) is -0.261. The van der Waals surface area contributed by atoms with Gasteiger partial charge in [0.15, 0.2) is 0 Å². The zero-order valence-electron chi connectivity index (χ0n) is 20.1. The maximum atomic E-state index is 14.9. The molecule has 2 aromatic heterocycles. The Labute approximate surface area is 208 Å². The van der Waals surface area contributed by atoms with E-state index in [4.69, 9.17) is 4.74 Å². The number of carbonyl (C=O) groups excluding carboxylic acids is 1. The Morgan fingerprint density at radius 1 is 1.14 bits per heavy atom. The van der Waals surface area contributed by atoms with Gasteiger partial charge in [-0.1, -0.05) is 0 Å². The third-order valence-electron chi connectivity index (χ3n) is 7.39. The Morgan fingerprint density at radius 3 is 2.69 bits per heavy atom. The summed E-state index contributed by atoms with van der Waals surface area (Å²) in [6.07, 6.45) is 4.83. The number of hydrogen-bond donors (Lipinski definition) is 2. The number of amides is 1. The van der Waals surface area contributed by atoms with E-state index in [1.807, 2.05) is 23.2 Å². The van der Waals surface area contributed by atoms with Gasteiger partial charge in [0.05, 0.1) is 29.4 Å². The molecule has 1 saturated carbocycles. The number of pyridine rings is 2. The minimum absolute atomic E-state index is 0.00403. The lowest BCUT2D eigenvalue weighted by atomic mass is 10.1.